The fraction of sp³-hybridized carbons (Fsp3) is 0.700. The minimum atomic E-state index is 0.508. The van der Waals surface area contributed by atoms with Gasteiger partial charge in [0.1, 0.15) is 5.82 Å². The lowest BCUT2D eigenvalue weighted by atomic mass is 10.2. The Labute approximate surface area is 80.4 Å². The van der Waals surface area contributed by atoms with Gasteiger partial charge < -0.3 is 4.90 Å². The first-order chi connectivity index (χ1) is 5.95. The first kappa shape index (κ1) is 10.1. The van der Waals surface area contributed by atoms with Gasteiger partial charge in [-0.15, -0.1) is 0 Å². The second kappa shape index (κ2) is 3.40. The molecule has 0 amide bonds. The van der Waals surface area contributed by atoms with E-state index >= 15 is 0 Å². The van der Waals surface area contributed by atoms with Crippen LogP contribution in [-0.2, 0) is 7.05 Å². The normalized spacial score (nSPS) is 11.0. The largest absolute Gasteiger partial charge is 0.357 e. The summed E-state index contributed by atoms with van der Waals surface area (Å²) in [5.74, 6) is 1.22. The monoisotopic (exact) mass is 181 g/mol. The summed E-state index contributed by atoms with van der Waals surface area (Å²) in [6, 6.07) is 0.508. The van der Waals surface area contributed by atoms with E-state index in [-0.39, 0.29) is 0 Å². The number of aromatic nitrogens is 2. The summed E-state index contributed by atoms with van der Waals surface area (Å²) in [4.78, 5) is 2.25. The number of hydrogen-bond acceptors (Lipinski definition) is 2. The average Bonchev–Trinajstić information content (AvgIpc) is 2.26. The summed E-state index contributed by atoms with van der Waals surface area (Å²) < 4.78 is 1.95. The minimum Gasteiger partial charge on any atom is -0.357 e. The van der Waals surface area contributed by atoms with Gasteiger partial charge >= 0.3 is 0 Å². The molecule has 0 aliphatic rings. The van der Waals surface area contributed by atoms with Crippen LogP contribution in [0.25, 0.3) is 0 Å². The molecule has 0 atom stereocenters. The lowest BCUT2D eigenvalue weighted by Crippen LogP contribution is -2.28. The van der Waals surface area contributed by atoms with Crippen molar-refractivity contribution >= 4 is 5.82 Å². The lowest BCUT2D eigenvalue weighted by Gasteiger charge is -2.24. The quantitative estimate of drug-likeness (QED) is 0.694. The van der Waals surface area contributed by atoms with E-state index in [0.717, 1.165) is 5.69 Å². The zero-order valence-corrected chi connectivity index (χ0v) is 9.42. The first-order valence-corrected chi connectivity index (χ1v) is 4.68. The minimum absolute atomic E-state index is 0.508. The van der Waals surface area contributed by atoms with E-state index in [1.54, 1.807) is 0 Å². The van der Waals surface area contributed by atoms with Crippen LogP contribution in [0.4, 0.5) is 5.82 Å². The predicted molar refractivity (Wildman–Crippen MR) is 56.2 cm³/mol. The Balaban J connectivity index is 3.13. The summed E-state index contributed by atoms with van der Waals surface area (Å²) >= 11 is 0. The number of aryl methyl sites for hydroxylation is 2. The van der Waals surface area contributed by atoms with Gasteiger partial charge in [0.15, 0.2) is 0 Å². The fourth-order valence-corrected chi connectivity index (χ4v) is 1.49. The molecule has 1 aromatic heterocycles. The van der Waals surface area contributed by atoms with Crippen molar-refractivity contribution in [3.05, 3.63) is 11.3 Å². The SMILES string of the molecule is Cc1nn(C)c(N(C)C(C)C)c1C. The summed E-state index contributed by atoms with van der Waals surface area (Å²) in [5.41, 5.74) is 2.39. The van der Waals surface area contributed by atoms with Gasteiger partial charge in [-0.25, -0.2) is 0 Å². The number of anilines is 1. The van der Waals surface area contributed by atoms with Crippen molar-refractivity contribution in [2.75, 3.05) is 11.9 Å². The fourth-order valence-electron chi connectivity index (χ4n) is 1.49. The summed E-state index contributed by atoms with van der Waals surface area (Å²) in [6.07, 6.45) is 0. The third kappa shape index (κ3) is 1.69. The number of hydrogen-bond donors (Lipinski definition) is 0. The van der Waals surface area contributed by atoms with Crippen molar-refractivity contribution in [2.24, 2.45) is 7.05 Å². The summed E-state index contributed by atoms with van der Waals surface area (Å²) in [7, 11) is 4.10. The molecule has 0 aliphatic carbocycles. The van der Waals surface area contributed by atoms with Crippen LogP contribution in [0.3, 0.4) is 0 Å². The molecule has 0 aromatic carbocycles. The molecule has 3 heteroatoms. The summed E-state index contributed by atoms with van der Waals surface area (Å²) in [5, 5.41) is 4.39. The van der Waals surface area contributed by atoms with E-state index in [1.807, 2.05) is 18.7 Å². The first-order valence-electron chi connectivity index (χ1n) is 4.68. The van der Waals surface area contributed by atoms with Crippen LogP contribution in [0.5, 0.6) is 0 Å². The Hall–Kier alpha value is -0.990. The highest BCUT2D eigenvalue weighted by atomic mass is 15.4. The smallest absolute Gasteiger partial charge is 0.129 e. The molecule has 1 aromatic rings. The molecule has 0 saturated heterocycles. The van der Waals surface area contributed by atoms with E-state index in [1.165, 1.54) is 11.4 Å². The van der Waals surface area contributed by atoms with Gasteiger partial charge in [0, 0.05) is 25.7 Å². The van der Waals surface area contributed by atoms with Gasteiger partial charge in [0.2, 0.25) is 0 Å². The van der Waals surface area contributed by atoms with Crippen molar-refractivity contribution in [3.8, 4) is 0 Å². The van der Waals surface area contributed by atoms with Crippen LogP contribution in [-0.4, -0.2) is 22.9 Å². The molecular weight excluding hydrogens is 162 g/mol. The molecule has 13 heavy (non-hydrogen) atoms. The van der Waals surface area contributed by atoms with Crippen LogP contribution in [0.2, 0.25) is 0 Å². The van der Waals surface area contributed by atoms with Gasteiger partial charge in [0.05, 0.1) is 5.69 Å². The Morgan fingerprint density at radius 1 is 1.31 bits per heavy atom. The van der Waals surface area contributed by atoms with Crippen molar-refractivity contribution in [1.82, 2.24) is 9.78 Å². The molecule has 1 heterocycles. The molecule has 0 saturated carbocycles. The lowest BCUT2D eigenvalue weighted by molar-refractivity contribution is 0.680. The molecule has 0 N–H and O–H groups in total. The molecule has 1 rings (SSSR count). The average molecular weight is 181 g/mol. The van der Waals surface area contributed by atoms with Gasteiger partial charge in [-0.05, 0) is 27.7 Å². The third-order valence-corrected chi connectivity index (χ3v) is 2.59. The van der Waals surface area contributed by atoms with E-state index in [9.17, 15) is 0 Å². The van der Waals surface area contributed by atoms with Crippen LogP contribution in [0, 0.1) is 13.8 Å². The number of rotatable bonds is 2. The molecule has 0 spiro atoms. The Morgan fingerprint density at radius 2 is 1.85 bits per heavy atom. The third-order valence-electron chi connectivity index (χ3n) is 2.59. The standard InChI is InChI=1S/C10H19N3/c1-7(2)12(5)10-8(3)9(4)11-13(10)6/h7H,1-6H3. The van der Waals surface area contributed by atoms with Crippen LogP contribution in [0.1, 0.15) is 25.1 Å². The molecule has 0 unspecified atom stereocenters. The van der Waals surface area contributed by atoms with E-state index in [4.69, 9.17) is 0 Å². The van der Waals surface area contributed by atoms with Crippen molar-refractivity contribution in [1.29, 1.82) is 0 Å². The molecular formula is C10H19N3. The highest BCUT2D eigenvalue weighted by Gasteiger charge is 2.14. The van der Waals surface area contributed by atoms with Gasteiger partial charge in [-0.1, -0.05) is 0 Å². The molecule has 0 aliphatic heterocycles. The van der Waals surface area contributed by atoms with Crippen molar-refractivity contribution in [3.63, 3.8) is 0 Å². The maximum atomic E-state index is 4.39. The van der Waals surface area contributed by atoms with Crippen LogP contribution < -0.4 is 4.90 Å². The molecule has 0 bridgehead atoms. The van der Waals surface area contributed by atoms with Gasteiger partial charge in [-0.3, -0.25) is 4.68 Å². The van der Waals surface area contributed by atoms with Gasteiger partial charge in [-0.2, -0.15) is 5.10 Å². The van der Waals surface area contributed by atoms with Crippen LogP contribution in [0.15, 0.2) is 0 Å². The Kier molecular flexibility index (Phi) is 2.64. The topological polar surface area (TPSA) is 21.1 Å². The summed E-state index contributed by atoms with van der Waals surface area (Å²) in [6.45, 7) is 8.53. The highest BCUT2D eigenvalue weighted by Crippen LogP contribution is 2.21. The molecule has 0 radical (unpaired) electrons. The Morgan fingerprint density at radius 3 is 2.15 bits per heavy atom. The second-order valence-electron chi connectivity index (χ2n) is 3.86. The number of nitrogens with zero attached hydrogens (tertiary/aromatic N) is 3. The highest BCUT2D eigenvalue weighted by molar-refractivity contribution is 5.49. The molecule has 3 nitrogen and oxygen atoms in total. The van der Waals surface area contributed by atoms with Crippen molar-refractivity contribution in [2.45, 2.75) is 33.7 Å². The zero-order valence-electron chi connectivity index (χ0n) is 9.42. The molecule has 74 valence electrons. The van der Waals surface area contributed by atoms with Crippen LogP contribution >= 0.6 is 0 Å². The van der Waals surface area contributed by atoms with E-state index in [0.29, 0.717) is 6.04 Å². The van der Waals surface area contributed by atoms with E-state index in [2.05, 4.69) is 37.8 Å². The van der Waals surface area contributed by atoms with Gasteiger partial charge in [0.25, 0.3) is 0 Å². The van der Waals surface area contributed by atoms with Crippen molar-refractivity contribution < 1.29 is 0 Å². The Bertz CT molecular complexity index is 299. The zero-order chi connectivity index (χ0) is 10.2. The molecule has 0 fully saturated rings. The second-order valence-corrected chi connectivity index (χ2v) is 3.86. The maximum Gasteiger partial charge on any atom is 0.129 e. The maximum absolute atomic E-state index is 4.39. The van der Waals surface area contributed by atoms with E-state index < -0.39 is 0 Å². The predicted octanol–water partition coefficient (Wildman–Crippen LogP) is 1.88.